The lowest BCUT2D eigenvalue weighted by molar-refractivity contribution is -0.278. The molecule has 3 heteroatoms. The second kappa shape index (κ2) is 25.1. The summed E-state index contributed by atoms with van der Waals surface area (Å²) in [6.07, 6.45) is 45.2. The number of rotatable bonds is 11. The van der Waals surface area contributed by atoms with Crippen molar-refractivity contribution >= 4 is 0 Å². The van der Waals surface area contributed by atoms with Gasteiger partial charge in [-0.2, -0.15) is 0 Å². The highest BCUT2D eigenvalue weighted by Crippen LogP contribution is 2.82. The summed E-state index contributed by atoms with van der Waals surface area (Å²) in [7, 11) is 0. The molecule has 0 aromatic carbocycles. The second-order valence-corrected chi connectivity index (χ2v) is 44.0. The van der Waals surface area contributed by atoms with Crippen molar-refractivity contribution in [2.75, 3.05) is 0 Å². The molecule has 0 aromatic heterocycles. The maximum absolute atomic E-state index is 10.9. The number of aliphatic hydroxyl groups is 3. The number of aliphatic hydroxyl groups excluding tert-OH is 3. The van der Waals surface area contributed by atoms with E-state index in [0.29, 0.717) is 77.3 Å². The first-order chi connectivity index (χ1) is 43.4. The maximum atomic E-state index is 10.9. The minimum absolute atomic E-state index is 0.0415. The predicted octanol–water partition coefficient (Wildman–Crippen LogP) is 25.3. The van der Waals surface area contributed by atoms with Crippen molar-refractivity contribution in [2.45, 2.75) is 384 Å². The van der Waals surface area contributed by atoms with Crippen LogP contribution in [0.4, 0.5) is 0 Å². The number of allylic oxidation sites excluding steroid dienone is 4. The molecule has 540 valence electrons. The standard InChI is InChI=1S/C31H54O.2C30H52O/c1-20(2)21-10-14-27(5)18-19-31(9)29(7)16-11-22-26(3,4)24(32)13-15-28(22,6)23(29)12-17-30(31,8)25(21)27;2*1-20(2)10-9-11-21(3)22-14-18-30(8)24-12-13-25-27(4,5)26(31)16-17-28(25,6)23(24)15-19-29(22,30)7/h20-25,32H,10-19H2,1-9H3;15,20-22,24-26,31H,9-14,16-19H2,1-8H3;12,20-23,25-26,31H,9-11,13-19H2,1-8H3. The van der Waals surface area contributed by atoms with E-state index in [1.54, 1.807) is 0 Å². The fourth-order valence-electron chi connectivity index (χ4n) is 31.8. The van der Waals surface area contributed by atoms with Crippen molar-refractivity contribution in [3.05, 3.63) is 23.3 Å². The lowest BCUT2D eigenvalue weighted by Crippen LogP contribution is -2.69. The van der Waals surface area contributed by atoms with Crippen LogP contribution in [0.15, 0.2) is 23.3 Å². The SMILES string of the molecule is CC(C)C1CCC2(C)CCC3(C)C(C)(CCC4C5(C)CCC(O)C(C)(C)C5CCC43C)C12.CC(C)CCCC(C)C1CCC2(C)C3=CCC4C(C)(C)C(O)CCC4(C)C3CCC12C.CC(C)CCCC(C)C1CCC2(C)C3CCC4C(C)(CCC(O)C4(C)C)C3=CCC12C. The van der Waals surface area contributed by atoms with E-state index < -0.39 is 0 Å². The number of fused-ring (bicyclic) bond motifs is 17. The second-order valence-electron chi connectivity index (χ2n) is 44.0. The maximum Gasteiger partial charge on any atom is 0.0594 e. The summed E-state index contributed by atoms with van der Waals surface area (Å²) in [4.78, 5) is 0. The molecule has 3 N–H and O–H groups in total. The fraction of sp³-hybridized carbons (Fsp3) is 0.956. The zero-order chi connectivity index (χ0) is 69.2. The third kappa shape index (κ3) is 10.8. The minimum Gasteiger partial charge on any atom is -0.393 e. The molecule has 3 nitrogen and oxygen atoms in total. The van der Waals surface area contributed by atoms with Crippen molar-refractivity contribution in [3.63, 3.8) is 0 Å². The molecule has 0 heterocycles. The zero-order valence-electron chi connectivity index (χ0n) is 67.1. The van der Waals surface area contributed by atoms with Crippen molar-refractivity contribution in [1.29, 1.82) is 0 Å². The molecule has 26 unspecified atom stereocenters. The summed E-state index contributed by atoms with van der Waals surface area (Å²) in [5.74, 6) is 12.1. The van der Waals surface area contributed by atoms with Crippen molar-refractivity contribution in [3.8, 4) is 0 Å². The van der Waals surface area contributed by atoms with Crippen molar-refractivity contribution in [1.82, 2.24) is 0 Å². The zero-order valence-corrected chi connectivity index (χ0v) is 67.1. The van der Waals surface area contributed by atoms with Gasteiger partial charge in [0, 0.05) is 0 Å². The summed E-state index contributed by atoms with van der Waals surface area (Å²) in [5, 5.41) is 32.6. The van der Waals surface area contributed by atoms with E-state index in [2.05, 4.69) is 185 Å². The summed E-state index contributed by atoms with van der Waals surface area (Å²) in [6, 6.07) is 0. The summed E-state index contributed by atoms with van der Waals surface area (Å²) < 4.78 is 0. The molecule has 13 aliphatic carbocycles. The highest BCUT2D eigenvalue weighted by molar-refractivity contribution is 5.35. The molecule has 11 saturated carbocycles. The molecule has 0 amide bonds. The van der Waals surface area contributed by atoms with Crippen LogP contribution < -0.4 is 0 Å². The monoisotopic (exact) mass is 1300 g/mol. The van der Waals surface area contributed by atoms with Gasteiger partial charge in [0.25, 0.3) is 0 Å². The third-order valence-corrected chi connectivity index (χ3v) is 38.5. The van der Waals surface area contributed by atoms with E-state index >= 15 is 0 Å². The smallest absolute Gasteiger partial charge is 0.0594 e. The van der Waals surface area contributed by atoms with E-state index in [1.165, 1.54) is 173 Å². The first kappa shape index (κ1) is 74.5. The van der Waals surface area contributed by atoms with Gasteiger partial charge >= 0.3 is 0 Å². The van der Waals surface area contributed by atoms with E-state index in [9.17, 15) is 15.3 Å². The van der Waals surface area contributed by atoms with Crippen LogP contribution in [0.2, 0.25) is 0 Å². The average Bonchev–Trinajstić information content (AvgIpc) is 1.00. The van der Waals surface area contributed by atoms with Crippen LogP contribution in [-0.4, -0.2) is 33.6 Å². The molecule has 0 radical (unpaired) electrons. The van der Waals surface area contributed by atoms with E-state index in [4.69, 9.17) is 0 Å². The van der Waals surface area contributed by atoms with Crippen LogP contribution in [0.1, 0.15) is 366 Å². The molecule has 0 aromatic rings. The molecule has 0 saturated heterocycles. The van der Waals surface area contributed by atoms with Crippen LogP contribution in [0.3, 0.4) is 0 Å². The van der Waals surface area contributed by atoms with E-state index in [0.717, 1.165) is 90.3 Å². The van der Waals surface area contributed by atoms with Gasteiger partial charge in [0.05, 0.1) is 18.3 Å². The molecule has 94 heavy (non-hydrogen) atoms. The van der Waals surface area contributed by atoms with Gasteiger partial charge in [0.1, 0.15) is 0 Å². The molecular weight excluding hydrogens is 1140 g/mol. The average molecular weight is 1300 g/mol. The Balaban J connectivity index is 0.000000144. The lowest BCUT2D eigenvalue weighted by Gasteiger charge is -2.76. The van der Waals surface area contributed by atoms with Gasteiger partial charge in [0.15, 0.2) is 0 Å². The Bertz CT molecular complexity index is 2760. The summed E-state index contributed by atoms with van der Waals surface area (Å²) in [5.41, 5.74) is 8.61. The fourth-order valence-corrected chi connectivity index (χ4v) is 31.8. The minimum atomic E-state index is -0.132. The quantitative estimate of drug-likeness (QED) is 0.181. The Morgan fingerprint density at radius 2 is 0.894 bits per heavy atom. The first-order valence-corrected chi connectivity index (χ1v) is 41.9. The number of hydrogen-bond donors (Lipinski definition) is 3. The largest absolute Gasteiger partial charge is 0.393 e. The van der Waals surface area contributed by atoms with E-state index in [-0.39, 0.29) is 34.6 Å². The van der Waals surface area contributed by atoms with Gasteiger partial charge in [-0.1, -0.05) is 235 Å². The van der Waals surface area contributed by atoms with Gasteiger partial charge in [-0.25, -0.2) is 0 Å². The van der Waals surface area contributed by atoms with Gasteiger partial charge in [-0.15, -0.1) is 0 Å². The van der Waals surface area contributed by atoms with Crippen LogP contribution in [0, 0.1) is 165 Å². The highest BCUT2D eigenvalue weighted by Gasteiger charge is 2.75. The highest BCUT2D eigenvalue weighted by atomic mass is 16.3. The Morgan fingerprint density at radius 3 is 1.49 bits per heavy atom. The Kier molecular flexibility index (Phi) is 19.9. The topological polar surface area (TPSA) is 60.7 Å². The van der Waals surface area contributed by atoms with Gasteiger partial charge < -0.3 is 15.3 Å². The van der Waals surface area contributed by atoms with Crippen LogP contribution in [-0.2, 0) is 0 Å². The van der Waals surface area contributed by atoms with Crippen molar-refractivity contribution < 1.29 is 15.3 Å². The Morgan fingerprint density at radius 1 is 0.383 bits per heavy atom. The molecule has 11 fully saturated rings. The molecule has 13 rings (SSSR count). The molecular formula is C91H158O3. The normalized spacial score (nSPS) is 51.4. The van der Waals surface area contributed by atoms with Gasteiger partial charge in [0.2, 0.25) is 0 Å². The van der Waals surface area contributed by atoms with Crippen LogP contribution >= 0.6 is 0 Å². The van der Waals surface area contributed by atoms with E-state index in [1.807, 2.05) is 11.1 Å². The summed E-state index contributed by atoms with van der Waals surface area (Å²) in [6.45, 7) is 63.4. The molecule has 13 aliphatic rings. The number of hydrogen-bond acceptors (Lipinski definition) is 3. The van der Waals surface area contributed by atoms with Crippen LogP contribution in [0.25, 0.3) is 0 Å². The molecule has 0 aliphatic heterocycles. The van der Waals surface area contributed by atoms with Crippen molar-refractivity contribution in [2.24, 2.45) is 165 Å². The molecule has 26 atom stereocenters. The molecule has 0 bridgehead atoms. The molecule has 0 spiro atoms. The van der Waals surface area contributed by atoms with Crippen LogP contribution in [0.5, 0.6) is 0 Å². The predicted molar refractivity (Wildman–Crippen MR) is 401 cm³/mol. The third-order valence-electron chi connectivity index (χ3n) is 38.5. The lowest BCUT2D eigenvalue weighted by atomic mass is 9.29. The Labute approximate surface area is 584 Å². The summed E-state index contributed by atoms with van der Waals surface area (Å²) >= 11 is 0. The first-order valence-electron chi connectivity index (χ1n) is 41.9. The Hall–Kier alpha value is -0.640. The van der Waals surface area contributed by atoms with Gasteiger partial charge in [-0.3, -0.25) is 0 Å². The van der Waals surface area contributed by atoms with Gasteiger partial charge in [-0.05, 0) is 319 Å².